The van der Waals surface area contributed by atoms with Crippen LogP contribution in [0.5, 0.6) is 5.75 Å². The predicted molar refractivity (Wildman–Crippen MR) is 121 cm³/mol. The summed E-state index contributed by atoms with van der Waals surface area (Å²) in [6.07, 6.45) is 8.37. The third kappa shape index (κ3) is 4.12. The van der Waals surface area contributed by atoms with Crippen LogP contribution in [0.1, 0.15) is 25.3 Å². The lowest BCUT2D eigenvalue weighted by atomic mass is 9.79. The van der Waals surface area contributed by atoms with Crippen LogP contribution in [0.15, 0.2) is 36.8 Å². The van der Waals surface area contributed by atoms with Crippen molar-refractivity contribution in [1.29, 1.82) is 0 Å². The normalized spacial score (nSPS) is 21.6. The molecule has 5 rings (SSSR count). The van der Waals surface area contributed by atoms with Crippen molar-refractivity contribution in [1.82, 2.24) is 19.4 Å². The van der Waals surface area contributed by atoms with Crippen LogP contribution in [-0.2, 0) is 9.84 Å². The largest absolute Gasteiger partial charge is 0.478 e. The van der Waals surface area contributed by atoms with Crippen LogP contribution in [0.2, 0.25) is 0 Å². The zero-order valence-electron chi connectivity index (χ0n) is 17.6. The van der Waals surface area contributed by atoms with Gasteiger partial charge in [0.25, 0.3) is 0 Å². The second-order valence-electron chi connectivity index (χ2n) is 8.77. The van der Waals surface area contributed by atoms with E-state index in [2.05, 4.69) is 25.6 Å². The average Bonchev–Trinajstić information content (AvgIpc) is 3.04. The molecule has 0 unspecified atom stereocenters. The maximum absolute atomic E-state index is 11.4. The number of likely N-dealkylation sites (tertiary alicyclic amines) is 1. The molecule has 0 spiro atoms. The van der Waals surface area contributed by atoms with Crippen molar-refractivity contribution in [2.75, 3.05) is 37.6 Å². The van der Waals surface area contributed by atoms with Crippen molar-refractivity contribution in [2.24, 2.45) is 5.92 Å². The molecule has 0 bridgehead atoms. The number of aromatic nitrogens is 3. The second kappa shape index (κ2) is 7.80. The fourth-order valence-electron chi connectivity index (χ4n) is 4.54. The van der Waals surface area contributed by atoms with E-state index in [1.165, 1.54) is 32.4 Å². The van der Waals surface area contributed by atoms with Gasteiger partial charge >= 0.3 is 0 Å². The first-order chi connectivity index (χ1) is 14.9. The molecular formula is C22H27N5O3S. The van der Waals surface area contributed by atoms with Crippen molar-refractivity contribution in [2.45, 2.75) is 25.3 Å². The highest BCUT2D eigenvalue weighted by atomic mass is 32.2. The van der Waals surface area contributed by atoms with Gasteiger partial charge in [0.2, 0.25) is 0 Å². The molecule has 9 heteroatoms. The molecule has 1 saturated carbocycles. The first-order valence-electron chi connectivity index (χ1n) is 10.6. The Morgan fingerprint density at radius 3 is 2.74 bits per heavy atom. The Labute approximate surface area is 182 Å². The quantitative estimate of drug-likeness (QED) is 0.601. The molecular weight excluding hydrogens is 414 g/mol. The molecule has 31 heavy (non-hydrogen) atoms. The van der Waals surface area contributed by atoms with Gasteiger partial charge in [0.15, 0.2) is 15.8 Å². The van der Waals surface area contributed by atoms with Crippen molar-refractivity contribution in [3.8, 4) is 16.9 Å². The highest BCUT2D eigenvalue weighted by Crippen LogP contribution is 2.43. The fourth-order valence-corrected chi connectivity index (χ4v) is 4.89. The van der Waals surface area contributed by atoms with Crippen LogP contribution in [0, 0.1) is 5.92 Å². The first-order valence-corrected chi connectivity index (χ1v) is 12.7. The van der Waals surface area contributed by atoms with E-state index >= 15 is 0 Å². The number of benzene rings is 1. The molecule has 0 radical (unpaired) electrons. The third-order valence-electron chi connectivity index (χ3n) is 6.29. The molecule has 3 aromatic rings. The number of hydrogen-bond donors (Lipinski definition) is 1. The number of fused-ring (bicyclic) bond motifs is 1. The molecule has 2 N–H and O–H groups in total. The summed E-state index contributed by atoms with van der Waals surface area (Å²) in [5, 5.41) is 0.828. The molecule has 0 amide bonds. The van der Waals surface area contributed by atoms with E-state index in [9.17, 15) is 8.42 Å². The van der Waals surface area contributed by atoms with Crippen LogP contribution in [0.4, 0.5) is 5.82 Å². The Morgan fingerprint density at radius 2 is 2.03 bits per heavy atom. The first kappa shape index (κ1) is 20.3. The lowest BCUT2D eigenvalue weighted by molar-refractivity contribution is 0.0921. The Hall–Kier alpha value is -2.65. The number of nitrogens with zero attached hydrogens (tertiary/aromatic N) is 4. The summed E-state index contributed by atoms with van der Waals surface area (Å²) in [5.41, 5.74) is 8.93. The summed E-state index contributed by atoms with van der Waals surface area (Å²) < 4.78 is 30.6. The monoisotopic (exact) mass is 441 g/mol. The van der Waals surface area contributed by atoms with E-state index in [1.54, 1.807) is 6.07 Å². The van der Waals surface area contributed by atoms with Gasteiger partial charge in [-0.2, -0.15) is 0 Å². The van der Waals surface area contributed by atoms with E-state index in [4.69, 9.17) is 10.5 Å². The summed E-state index contributed by atoms with van der Waals surface area (Å²) in [7, 11) is -3.23. The van der Waals surface area contributed by atoms with Gasteiger partial charge in [-0.3, -0.25) is 0 Å². The van der Waals surface area contributed by atoms with E-state index in [0.717, 1.165) is 47.2 Å². The van der Waals surface area contributed by atoms with E-state index in [0.29, 0.717) is 17.6 Å². The van der Waals surface area contributed by atoms with Crippen molar-refractivity contribution >= 4 is 26.7 Å². The fraction of sp³-hybridized carbons (Fsp3) is 0.455. The molecule has 1 aliphatic carbocycles. The van der Waals surface area contributed by atoms with Crippen LogP contribution < -0.4 is 10.5 Å². The number of sulfone groups is 1. The molecule has 1 saturated heterocycles. The van der Waals surface area contributed by atoms with Crippen LogP contribution in [0.3, 0.4) is 0 Å². The number of rotatable bonds is 7. The zero-order chi connectivity index (χ0) is 21.6. The molecule has 1 aliphatic heterocycles. The van der Waals surface area contributed by atoms with E-state index < -0.39 is 9.84 Å². The highest BCUT2D eigenvalue weighted by Gasteiger charge is 2.34. The van der Waals surface area contributed by atoms with Gasteiger partial charge in [0.1, 0.15) is 23.5 Å². The Morgan fingerprint density at radius 1 is 1.23 bits per heavy atom. The second-order valence-corrected chi connectivity index (χ2v) is 10.9. The van der Waals surface area contributed by atoms with Gasteiger partial charge in [-0.05, 0) is 56.0 Å². The summed E-state index contributed by atoms with van der Waals surface area (Å²) in [6, 6.07) is 7.81. The van der Waals surface area contributed by atoms with Crippen LogP contribution >= 0.6 is 0 Å². The average molecular weight is 442 g/mol. The molecule has 8 nitrogen and oxygen atoms in total. The summed E-state index contributed by atoms with van der Waals surface area (Å²) in [6.45, 7) is 3.66. The topological polar surface area (TPSA) is 103 Å². The number of anilines is 1. The summed E-state index contributed by atoms with van der Waals surface area (Å²) in [5.74, 6) is 1.32. The van der Waals surface area contributed by atoms with Crippen molar-refractivity contribution < 1.29 is 13.2 Å². The minimum atomic E-state index is -3.23. The van der Waals surface area contributed by atoms with Gasteiger partial charge in [-0.1, -0.05) is 12.1 Å². The minimum Gasteiger partial charge on any atom is -0.478 e. The smallest absolute Gasteiger partial charge is 0.188 e. The summed E-state index contributed by atoms with van der Waals surface area (Å²) >= 11 is 0. The van der Waals surface area contributed by atoms with Crippen molar-refractivity contribution in [3.63, 3.8) is 0 Å². The Bertz CT molecular complexity index is 1210. The van der Waals surface area contributed by atoms with Crippen LogP contribution in [0.25, 0.3) is 22.2 Å². The molecule has 2 aliphatic rings. The minimum absolute atomic E-state index is 0.357. The van der Waals surface area contributed by atoms with Crippen molar-refractivity contribution in [3.05, 3.63) is 36.8 Å². The van der Waals surface area contributed by atoms with Crippen LogP contribution in [-0.4, -0.2) is 59.7 Å². The molecule has 164 valence electrons. The number of ether oxygens (including phenoxy) is 1. The number of hydrogen-bond acceptors (Lipinski definition) is 7. The van der Waals surface area contributed by atoms with Gasteiger partial charge < -0.3 is 19.9 Å². The highest BCUT2D eigenvalue weighted by molar-refractivity contribution is 7.90. The number of nitrogen functional groups attached to an aromatic ring is 1. The predicted octanol–water partition coefficient (Wildman–Crippen LogP) is 2.72. The van der Waals surface area contributed by atoms with E-state index in [1.807, 2.05) is 18.2 Å². The SMILES string of the molecule is CS(=O)(=O)COc1cccc(-c2cn(C3CC(CN4CCC4)C3)c3ncnc(N)c23)c1. The van der Waals surface area contributed by atoms with E-state index in [-0.39, 0.29) is 5.94 Å². The molecule has 3 heterocycles. The maximum Gasteiger partial charge on any atom is 0.188 e. The Kier molecular flexibility index (Phi) is 5.10. The summed E-state index contributed by atoms with van der Waals surface area (Å²) in [4.78, 5) is 11.3. The molecule has 0 atom stereocenters. The Balaban J connectivity index is 1.44. The van der Waals surface area contributed by atoms with Gasteiger partial charge in [-0.25, -0.2) is 18.4 Å². The van der Waals surface area contributed by atoms with Gasteiger partial charge in [-0.15, -0.1) is 0 Å². The van der Waals surface area contributed by atoms with Gasteiger partial charge in [0, 0.05) is 30.6 Å². The molecule has 2 fully saturated rings. The zero-order valence-corrected chi connectivity index (χ0v) is 18.4. The lowest BCUT2D eigenvalue weighted by Gasteiger charge is -2.42. The lowest BCUT2D eigenvalue weighted by Crippen LogP contribution is -2.43. The van der Waals surface area contributed by atoms with Gasteiger partial charge in [0.05, 0.1) is 5.39 Å². The third-order valence-corrected chi connectivity index (χ3v) is 6.84. The maximum atomic E-state index is 11.4. The molecule has 1 aromatic carbocycles. The molecule has 2 aromatic heterocycles. The number of nitrogens with two attached hydrogens (primary N) is 1. The standard InChI is InChI=1S/C22H27N5O3S/c1-31(28,29)14-30-18-5-2-4-16(10-18)19-12-27(22-20(19)21(23)24-13-25-22)17-8-15(9-17)11-26-6-3-7-26/h2,4-5,10,12-13,15,17H,3,6-9,11,14H2,1H3,(H2,23,24,25).